The molecule has 3 heterocycles. The van der Waals surface area contributed by atoms with Crippen LogP contribution in [0.15, 0.2) is 17.5 Å². The van der Waals surface area contributed by atoms with Gasteiger partial charge in [-0.3, -0.25) is 0 Å². The monoisotopic (exact) mass is 306 g/mol. The van der Waals surface area contributed by atoms with Gasteiger partial charge < -0.3 is 10.4 Å². The van der Waals surface area contributed by atoms with Crippen molar-refractivity contribution in [1.82, 2.24) is 20.3 Å². The maximum Gasteiger partial charge on any atom is 0.358 e. The van der Waals surface area contributed by atoms with Crippen LogP contribution in [0.5, 0.6) is 0 Å². The Balaban J connectivity index is 1.83. The van der Waals surface area contributed by atoms with E-state index in [0.717, 1.165) is 38.0 Å². The summed E-state index contributed by atoms with van der Waals surface area (Å²) in [6.45, 7) is 2.51. The van der Waals surface area contributed by atoms with E-state index in [0.29, 0.717) is 6.54 Å². The lowest BCUT2D eigenvalue weighted by atomic mass is 9.93. The molecule has 0 radical (unpaired) electrons. The molecule has 7 heteroatoms. The quantitative estimate of drug-likeness (QED) is 0.879. The number of carbonyl (C=O) groups is 1. The molecule has 112 valence electrons. The summed E-state index contributed by atoms with van der Waals surface area (Å²) in [6, 6.07) is 4.11. The molecule has 0 unspecified atom stereocenters. The number of aryl methyl sites for hydroxylation is 2. The Kier molecular flexibility index (Phi) is 4.31. The molecule has 1 saturated heterocycles. The Morgan fingerprint density at radius 2 is 2.29 bits per heavy atom. The number of aromatic nitrogens is 3. The lowest BCUT2D eigenvalue weighted by Crippen LogP contribution is -2.29. The maximum atomic E-state index is 11.4. The Hall–Kier alpha value is -1.73. The van der Waals surface area contributed by atoms with Crippen LogP contribution in [0.2, 0.25) is 0 Å². The molecule has 2 aromatic rings. The molecule has 0 bridgehead atoms. The van der Waals surface area contributed by atoms with E-state index in [2.05, 4.69) is 21.7 Å². The second kappa shape index (κ2) is 6.36. The van der Waals surface area contributed by atoms with Crippen molar-refractivity contribution in [3.63, 3.8) is 0 Å². The molecule has 2 N–H and O–H groups in total. The van der Waals surface area contributed by atoms with Crippen LogP contribution in [0.4, 0.5) is 0 Å². The summed E-state index contributed by atoms with van der Waals surface area (Å²) in [5.41, 5.74) is 0.911. The van der Waals surface area contributed by atoms with Crippen LogP contribution in [0.3, 0.4) is 0 Å². The highest BCUT2D eigenvalue weighted by molar-refractivity contribution is 7.09. The Bertz CT molecular complexity index is 603. The summed E-state index contributed by atoms with van der Waals surface area (Å²) in [7, 11) is 0. The van der Waals surface area contributed by atoms with E-state index in [4.69, 9.17) is 0 Å². The van der Waals surface area contributed by atoms with Crippen molar-refractivity contribution in [2.24, 2.45) is 0 Å². The van der Waals surface area contributed by atoms with Crippen molar-refractivity contribution in [3.05, 3.63) is 33.8 Å². The molecule has 0 aliphatic carbocycles. The van der Waals surface area contributed by atoms with Gasteiger partial charge in [-0.25, -0.2) is 9.48 Å². The molecular weight excluding hydrogens is 288 g/mol. The third-order valence-corrected chi connectivity index (χ3v) is 4.79. The molecule has 0 saturated carbocycles. The van der Waals surface area contributed by atoms with Gasteiger partial charge in [-0.1, -0.05) is 11.3 Å². The third-order valence-electron chi connectivity index (χ3n) is 3.85. The lowest BCUT2D eigenvalue weighted by Gasteiger charge is -2.23. The molecule has 1 fully saturated rings. The lowest BCUT2D eigenvalue weighted by molar-refractivity contribution is 0.0688. The first-order chi connectivity index (χ1) is 10.3. The second-order valence-corrected chi connectivity index (χ2v) is 6.24. The van der Waals surface area contributed by atoms with Gasteiger partial charge in [0, 0.05) is 23.8 Å². The minimum Gasteiger partial charge on any atom is -0.476 e. The normalized spacial score (nSPS) is 16.2. The van der Waals surface area contributed by atoms with Crippen molar-refractivity contribution in [1.29, 1.82) is 0 Å². The van der Waals surface area contributed by atoms with Gasteiger partial charge in [0.15, 0.2) is 5.69 Å². The first-order valence-electron chi connectivity index (χ1n) is 7.15. The highest BCUT2D eigenvalue weighted by Gasteiger charge is 2.27. The summed E-state index contributed by atoms with van der Waals surface area (Å²) < 4.78 is 1.79. The van der Waals surface area contributed by atoms with Gasteiger partial charge in [0.05, 0.1) is 5.69 Å². The van der Waals surface area contributed by atoms with Crippen LogP contribution in [0.1, 0.15) is 39.8 Å². The minimum absolute atomic E-state index is 0.119. The number of piperidine rings is 1. The predicted octanol–water partition coefficient (Wildman–Crippen LogP) is 1.75. The van der Waals surface area contributed by atoms with E-state index in [1.54, 1.807) is 16.0 Å². The van der Waals surface area contributed by atoms with E-state index in [9.17, 15) is 9.90 Å². The van der Waals surface area contributed by atoms with Gasteiger partial charge in [0.1, 0.15) is 0 Å². The van der Waals surface area contributed by atoms with Crippen LogP contribution in [-0.4, -0.2) is 39.2 Å². The fourth-order valence-corrected chi connectivity index (χ4v) is 3.51. The summed E-state index contributed by atoms with van der Waals surface area (Å²) in [4.78, 5) is 12.7. The fraction of sp³-hybridized carbons (Fsp3) is 0.500. The van der Waals surface area contributed by atoms with Crippen LogP contribution in [0.25, 0.3) is 0 Å². The molecule has 0 atom stereocenters. The summed E-state index contributed by atoms with van der Waals surface area (Å²) >= 11 is 1.71. The van der Waals surface area contributed by atoms with E-state index in [-0.39, 0.29) is 11.6 Å². The van der Waals surface area contributed by atoms with Gasteiger partial charge in [-0.05, 0) is 37.4 Å². The molecule has 0 amide bonds. The van der Waals surface area contributed by atoms with Crippen LogP contribution in [0, 0.1) is 0 Å². The fourth-order valence-electron chi connectivity index (χ4n) is 2.81. The first kappa shape index (κ1) is 14.2. The van der Waals surface area contributed by atoms with Crippen molar-refractivity contribution in [3.8, 4) is 0 Å². The smallest absolute Gasteiger partial charge is 0.358 e. The zero-order valence-electron chi connectivity index (χ0n) is 11.7. The SMILES string of the molecule is O=C(O)c1nnn(CCc2cccs2)c1C1CCNCC1. The molecular formula is C14H18N4O2S. The average Bonchev–Trinajstić information content (AvgIpc) is 3.15. The summed E-state index contributed by atoms with van der Waals surface area (Å²) in [5.74, 6) is -0.749. The van der Waals surface area contributed by atoms with Gasteiger partial charge in [-0.15, -0.1) is 16.4 Å². The van der Waals surface area contributed by atoms with Gasteiger partial charge in [0.2, 0.25) is 0 Å². The number of carboxylic acid groups (broad SMARTS) is 1. The van der Waals surface area contributed by atoms with Crippen molar-refractivity contribution in [2.45, 2.75) is 31.7 Å². The number of rotatable bonds is 5. The molecule has 21 heavy (non-hydrogen) atoms. The van der Waals surface area contributed by atoms with Crippen LogP contribution in [-0.2, 0) is 13.0 Å². The molecule has 3 rings (SSSR count). The van der Waals surface area contributed by atoms with E-state index < -0.39 is 5.97 Å². The summed E-state index contributed by atoms with van der Waals surface area (Å²) in [5, 5.41) is 22.7. The molecule has 0 spiro atoms. The zero-order valence-corrected chi connectivity index (χ0v) is 12.5. The number of nitrogens with zero attached hydrogens (tertiary/aromatic N) is 3. The largest absolute Gasteiger partial charge is 0.476 e. The topological polar surface area (TPSA) is 80.0 Å². The standard InChI is InChI=1S/C14H18N4O2S/c19-14(20)12-13(10-3-6-15-7-4-10)18(17-16-12)8-5-11-2-1-9-21-11/h1-2,9-10,15H,3-8H2,(H,19,20). The number of thiophene rings is 1. The Morgan fingerprint density at radius 3 is 2.95 bits per heavy atom. The van der Waals surface area contributed by atoms with Crippen molar-refractivity contribution < 1.29 is 9.90 Å². The minimum atomic E-state index is -0.981. The van der Waals surface area contributed by atoms with Crippen molar-refractivity contribution >= 4 is 17.3 Å². The number of hydrogen-bond acceptors (Lipinski definition) is 5. The number of nitrogens with one attached hydrogen (secondary N) is 1. The van der Waals surface area contributed by atoms with Crippen molar-refractivity contribution in [2.75, 3.05) is 13.1 Å². The summed E-state index contributed by atoms with van der Waals surface area (Å²) in [6.07, 6.45) is 2.73. The average molecular weight is 306 g/mol. The number of carboxylic acids is 1. The second-order valence-electron chi connectivity index (χ2n) is 5.21. The van der Waals surface area contributed by atoms with E-state index in [1.807, 2.05) is 11.4 Å². The highest BCUT2D eigenvalue weighted by atomic mass is 32.1. The Morgan fingerprint density at radius 1 is 1.48 bits per heavy atom. The Labute approximate surface area is 126 Å². The molecule has 6 nitrogen and oxygen atoms in total. The van der Waals surface area contributed by atoms with Gasteiger partial charge in [-0.2, -0.15) is 0 Å². The first-order valence-corrected chi connectivity index (χ1v) is 8.03. The highest BCUT2D eigenvalue weighted by Crippen LogP contribution is 2.27. The van der Waals surface area contributed by atoms with Gasteiger partial charge in [0.25, 0.3) is 0 Å². The number of aromatic carboxylic acids is 1. The molecule has 2 aromatic heterocycles. The maximum absolute atomic E-state index is 11.4. The molecule has 0 aromatic carbocycles. The van der Waals surface area contributed by atoms with E-state index >= 15 is 0 Å². The molecule has 1 aliphatic heterocycles. The van der Waals surface area contributed by atoms with E-state index in [1.165, 1.54) is 4.88 Å². The molecule has 1 aliphatic rings. The van der Waals surface area contributed by atoms with Gasteiger partial charge >= 0.3 is 5.97 Å². The zero-order chi connectivity index (χ0) is 14.7. The van der Waals surface area contributed by atoms with Crippen LogP contribution < -0.4 is 5.32 Å². The predicted molar refractivity (Wildman–Crippen MR) is 79.8 cm³/mol. The number of hydrogen-bond donors (Lipinski definition) is 2. The third kappa shape index (κ3) is 3.14. The van der Waals surface area contributed by atoms with Crippen LogP contribution >= 0.6 is 11.3 Å².